The Hall–Kier alpha value is -1.20. The van der Waals surface area contributed by atoms with Gasteiger partial charge in [-0.15, -0.1) is 0 Å². The predicted molar refractivity (Wildman–Crippen MR) is 77.6 cm³/mol. The molecule has 1 aliphatic rings. The second kappa shape index (κ2) is 4.82. The molecule has 1 heterocycles. The molecule has 0 fully saturated rings. The van der Waals surface area contributed by atoms with Gasteiger partial charge >= 0.3 is 113 Å². The molecule has 0 saturated heterocycles. The first kappa shape index (κ1) is 11.9. The normalized spacial score (nSPS) is 13.9. The Morgan fingerprint density at radius 1 is 0.889 bits per heavy atom. The number of para-hydroxylation sites is 2. The molecule has 2 aromatic carbocycles. The van der Waals surface area contributed by atoms with Crippen LogP contribution in [0.4, 0.5) is 0 Å². The van der Waals surface area contributed by atoms with E-state index in [1.54, 1.807) is 0 Å². The van der Waals surface area contributed by atoms with Crippen molar-refractivity contribution in [2.75, 3.05) is 0 Å². The molecule has 18 heavy (non-hydrogen) atoms. The molecule has 0 radical (unpaired) electrons. The Morgan fingerprint density at radius 2 is 1.39 bits per heavy atom. The average Bonchev–Trinajstić information content (AvgIpc) is 2.38. The van der Waals surface area contributed by atoms with Gasteiger partial charge < -0.3 is 0 Å². The van der Waals surface area contributed by atoms with E-state index in [1.807, 2.05) is 0 Å². The summed E-state index contributed by atoms with van der Waals surface area (Å²) >= 11 is -1.18. The van der Waals surface area contributed by atoms with E-state index in [4.69, 9.17) is 4.74 Å². The van der Waals surface area contributed by atoms with Gasteiger partial charge in [0.25, 0.3) is 0 Å². The van der Waals surface area contributed by atoms with Crippen LogP contribution in [0.15, 0.2) is 48.5 Å². The minimum atomic E-state index is -1.18. The van der Waals surface area contributed by atoms with Crippen molar-refractivity contribution in [3.8, 4) is 11.5 Å². The first-order valence-corrected chi connectivity index (χ1v) is 9.59. The van der Waals surface area contributed by atoms with Crippen LogP contribution in [0.5, 0.6) is 11.5 Å². The van der Waals surface area contributed by atoms with Crippen molar-refractivity contribution in [1.82, 2.24) is 0 Å². The van der Waals surface area contributed by atoms with E-state index in [2.05, 4.69) is 62.4 Å². The van der Waals surface area contributed by atoms with E-state index in [9.17, 15) is 0 Å². The van der Waals surface area contributed by atoms with Crippen molar-refractivity contribution >= 4 is 23.4 Å². The van der Waals surface area contributed by atoms with Crippen molar-refractivity contribution in [3.05, 3.63) is 48.5 Å². The fraction of sp³-hybridized carbons (Fsp3) is 0.250. The summed E-state index contributed by atoms with van der Waals surface area (Å²) in [7, 11) is 0. The van der Waals surface area contributed by atoms with Crippen LogP contribution in [0.2, 0.25) is 5.21 Å². The van der Waals surface area contributed by atoms with Crippen LogP contribution in [0.25, 0.3) is 0 Å². The van der Waals surface area contributed by atoms with Gasteiger partial charge in [-0.1, -0.05) is 0 Å². The van der Waals surface area contributed by atoms with Crippen molar-refractivity contribution in [1.29, 1.82) is 0 Å². The molecule has 3 rings (SSSR count). The summed E-state index contributed by atoms with van der Waals surface area (Å²) in [6, 6.07) is 17.1. The molecule has 2 aromatic rings. The van der Waals surface area contributed by atoms with Crippen molar-refractivity contribution in [2.45, 2.75) is 19.1 Å². The minimum absolute atomic E-state index is 0.740. The van der Waals surface area contributed by atoms with Crippen LogP contribution in [0.3, 0.4) is 0 Å². The van der Waals surface area contributed by atoms with Gasteiger partial charge in [0.1, 0.15) is 0 Å². The molecule has 1 nitrogen and oxygen atoms in total. The van der Waals surface area contributed by atoms with Gasteiger partial charge in [0.2, 0.25) is 0 Å². The van der Waals surface area contributed by atoms with Crippen LogP contribution >= 0.6 is 0 Å². The SMILES string of the molecule is CC(C)C[As]1c2ccccc2Oc2ccccc21. The maximum atomic E-state index is 6.03. The van der Waals surface area contributed by atoms with E-state index >= 15 is 0 Å². The molecule has 0 unspecified atom stereocenters. The standard InChI is InChI=1S/C16H17AsO/c1-12(2)11-17-13-7-3-5-9-15(13)18-16-10-6-4-8-14(16)17/h3-10,12H,11H2,1-2H3. The van der Waals surface area contributed by atoms with Crippen molar-refractivity contribution in [3.63, 3.8) is 0 Å². The van der Waals surface area contributed by atoms with Gasteiger partial charge in [0.05, 0.1) is 0 Å². The molecular formula is C16H17AsO. The molecule has 0 atom stereocenters. The number of rotatable bonds is 2. The summed E-state index contributed by atoms with van der Waals surface area (Å²) < 4.78 is 8.97. The van der Waals surface area contributed by atoms with Crippen LogP contribution in [-0.4, -0.2) is 14.7 Å². The zero-order valence-electron chi connectivity index (χ0n) is 10.8. The number of hydrogen-bond acceptors (Lipinski definition) is 1. The monoisotopic (exact) mass is 300 g/mol. The Bertz CT molecular complexity index is 517. The van der Waals surface area contributed by atoms with Gasteiger partial charge in [-0.05, 0) is 0 Å². The second-order valence-electron chi connectivity index (χ2n) is 5.04. The number of hydrogen-bond donors (Lipinski definition) is 0. The van der Waals surface area contributed by atoms with Crippen LogP contribution in [-0.2, 0) is 0 Å². The third-order valence-electron chi connectivity index (χ3n) is 3.08. The summed E-state index contributed by atoms with van der Waals surface area (Å²) in [6.45, 7) is 4.63. The number of benzene rings is 2. The zero-order valence-corrected chi connectivity index (χ0v) is 12.6. The molecule has 0 aromatic heterocycles. The fourth-order valence-corrected chi connectivity index (χ4v) is 7.98. The quantitative estimate of drug-likeness (QED) is 0.775. The van der Waals surface area contributed by atoms with Crippen molar-refractivity contribution in [2.24, 2.45) is 5.92 Å². The zero-order chi connectivity index (χ0) is 12.5. The Morgan fingerprint density at radius 3 is 1.89 bits per heavy atom. The first-order chi connectivity index (χ1) is 8.75. The maximum absolute atomic E-state index is 6.03. The average molecular weight is 300 g/mol. The molecule has 0 N–H and O–H groups in total. The predicted octanol–water partition coefficient (Wildman–Crippen LogP) is 3.06. The molecule has 0 aliphatic carbocycles. The molecule has 0 amide bonds. The molecule has 0 bridgehead atoms. The van der Waals surface area contributed by atoms with Gasteiger partial charge in [0.15, 0.2) is 0 Å². The topological polar surface area (TPSA) is 9.23 Å². The summed E-state index contributed by atoms with van der Waals surface area (Å²) in [5, 5.41) is 1.31. The fourth-order valence-electron chi connectivity index (χ4n) is 2.34. The third-order valence-corrected chi connectivity index (χ3v) is 9.37. The van der Waals surface area contributed by atoms with Gasteiger partial charge in [-0.25, -0.2) is 0 Å². The number of fused-ring (bicyclic) bond motifs is 2. The first-order valence-electron chi connectivity index (χ1n) is 6.39. The summed E-state index contributed by atoms with van der Waals surface area (Å²) in [5.74, 6) is 2.90. The Kier molecular flexibility index (Phi) is 3.18. The van der Waals surface area contributed by atoms with Crippen LogP contribution in [0, 0.1) is 5.92 Å². The molecular weight excluding hydrogens is 283 g/mol. The Balaban J connectivity index is 2.11. The molecule has 0 saturated carbocycles. The Labute approximate surface area is 113 Å². The van der Waals surface area contributed by atoms with E-state index in [-0.39, 0.29) is 0 Å². The van der Waals surface area contributed by atoms with Gasteiger partial charge in [-0.3, -0.25) is 0 Å². The molecule has 0 spiro atoms. The molecule has 2 heteroatoms. The van der Waals surface area contributed by atoms with E-state index in [0.717, 1.165) is 17.4 Å². The summed E-state index contributed by atoms with van der Waals surface area (Å²) in [6.07, 6.45) is 0. The molecule has 1 aliphatic heterocycles. The summed E-state index contributed by atoms with van der Waals surface area (Å²) in [4.78, 5) is 0. The third kappa shape index (κ3) is 2.08. The number of ether oxygens (including phenoxy) is 1. The molecule has 92 valence electrons. The van der Waals surface area contributed by atoms with Gasteiger partial charge in [-0.2, -0.15) is 0 Å². The van der Waals surface area contributed by atoms with Gasteiger partial charge in [0, 0.05) is 0 Å². The van der Waals surface area contributed by atoms with E-state index < -0.39 is 14.7 Å². The summed E-state index contributed by atoms with van der Waals surface area (Å²) in [5.41, 5.74) is 0. The van der Waals surface area contributed by atoms with E-state index in [1.165, 1.54) is 13.9 Å². The van der Waals surface area contributed by atoms with Crippen LogP contribution < -0.4 is 13.4 Å². The van der Waals surface area contributed by atoms with Crippen molar-refractivity contribution < 1.29 is 4.74 Å². The second-order valence-corrected chi connectivity index (χ2v) is 9.63. The van der Waals surface area contributed by atoms with E-state index in [0.29, 0.717) is 0 Å². The van der Waals surface area contributed by atoms with Crippen LogP contribution in [0.1, 0.15) is 13.8 Å².